The molecule has 0 radical (unpaired) electrons. The Labute approximate surface area is 140 Å². The zero-order valence-corrected chi connectivity index (χ0v) is 14.9. The first-order valence-corrected chi connectivity index (χ1v) is 9.60. The number of rotatable bonds is 1. The average molecular weight is 314 g/mol. The van der Waals surface area contributed by atoms with Gasteiger partial charge >= 0.3 is 0 Å². The summed E-state index contributed by atoms with van der Waals surface area (Å²) in [6.07, 6.45) is 10.9. The van der Waals surface area contributed by atoms with Crippen LogP contribution in [0.5, 0.6) is 0 Å². The van der Waals surface area contributed by atoms with E-state index in [-0.39, 0.29) is 10.8 Å². The smallest absolute Gasteiger partial charge is 0.155 e. The first kappa shape index (κ1) is 15.6. The van der Waals surface area contributed by atoms with Crippen LogP contribution in [0, 0.1) is 34.5 Å². The summed E-state index contributed by atoms with van der Waals surface area (Å²) in [5, 5.41) is 0. The maximum Gasteiger partial charge on any atom is 0.155 e. The Morgan fingerprint density at radius 1 is 1.04 bits per heavy atom. The monoisotopic (exact) mass is 314 g/mol. The molecule has 0 aromatic carbocycles. The van der Waals surface area contributed by atoms with Crippen molar-refractivity contribution in [2.45, 2.75) is 72.1 Å². The summed E-state index contributed by atoms with van der Waals surface area (Å²) >= 11 is 0. The lowest BCUT2D eigenvalue weighted by Crippen LogP contribution is -2.51. The summed E-state index contributed by atoms with van der Waals surface area (Å²) < 4.78 is 0. The van der Waals surface area contributed by atoms with E-state index in [1.807, 2.05) is 6.08 Å². The van der Waals surface area contributed by atoms with Crippen LogP contribution in [0.4, 0.5) is 0 Å². The van der Waals surface area contributed by atoms with E-state index in [0.29, 0.717) is 17.5 Å². The molecule has 0 aliphatic heterocycles. The topological polar surface area (TPSA) is 34.1 Å². The molecule has 0 saturated heterocycles. The number of ketones is 2. The number of fused-ring (bicyclic) bond motifs is 5. The van der Waals surface area contributed by atoms with Gasteiger partial charge in [0.2, 0.25) is 0 Å². The minimum Gasteiger partial charge on any atom is -0.300 e. The van der Waals surface area contributed by atoms with Gasteiger partial charge in [-0.15, -0.1) is 0 Å². The van der Waals surface area contributed by atoms with Gasteiger partial charge < -0.3 is 0 Å². The molecule has 0 spiro atoms. The van der Waals surface area contributed by atoms with E-state index in [4.69, 9.17) is 0 Å². The first-order chi connectivity index (χ1) is 10.9. The lowest BCUT2D eigenvalue weighted by molar-refractivity contribution is -0.128. The van der Waals surface area contributed by atoms with Gasteiger partial charge in [0.25, 0.3) is 0 Å². The number of carbonyl (C=O) groups excluding carboxylic acids is 2. The summed E-state index contributed by atoms with van der Waals surface area (Å²) in [6.45, 7) is 6.65. The van der Waals surface area contributed by atoms with Gasteiger partial charge in [0.15, 0.2) is 5.78 Å². The highest BCUT2D eigenvalue weighted by atomic mass is 16.1. The van der Waals surface area contributed by atoms with Crippen molar-refractivity contribution in [2.24, 2.45) is 34.5 Å². The molecule has 6 atom stereocenters. The fraction of sp³-hybridized carbons (Fsp3) is 0.810. The van der Waals surface area contributed by atoms with Crippen molar-refractivity contribution in [1.82, 2.24) is 0 Å². The van der Waals surface area contributed by atoms with E-state index in [9.17, 15) is 9.59 Å². The Morgan fingerprint density at radius 3 is 2.57 bits per heavy atom. The minimum atomic E-state index is 0.245. The molecule has 2 nitrogen and oxygen atoms in total. The first-order valence-electron chi connectivity index (χ1n) is 9.60. The molecular weight excluding hydrogens is 284 g/mol. The highest BCUT2D eigenvalue weighted by Crippen LogP contribution is 2.66. The van der Waals surface area contributed by atoms with E-state index in [1.54, 1.807) is 6.92 Å². The summed E-state index contributed by atoms with van der Waals surface area (Å²) in [5.41, 5.74) is 1.95. The zero-order chi connectivity index (χ0) is 16.4. The summed E-state index contributed by atoms with van der Waals surface area (Å²) in [4.78, 5) is 24.0. The van der Waals surface area contributed by atoms with Crippen LogP contribution in [-0.2, 0) is 9.59 Å². The molecule has 0 aromatic heterocycles. The Kier molecular flexibility index (Phi) is 3.42. The molecule has 4 aliphatic rings. The van der Waals surface area contributed by atoms with Crippen molar-refractivity contribution in [1.29, 1.82) is 0 Å². The van der Waals surface area contributed by atoms with Gasteiger partial charge in [-0.25, -0.2) is 0 Å². The quantitative estimate of drug-likeness (QED) is 0.701. The molecule has 4 aliphatic carbocycles. The third-order valence-corrected chi connectivity index (χ3v) is 8.45. The van der Waals surface area contributed by atoms with Crippen molar-refractivity contribution in [3.05, 3.63) is 11.6 Å². The number of hydrogen-bond donors (Lipinski definition) is 0. The van der Waals surface area contributed by atoms with Crippen LogP contribution in [0.3, 0.4) is 0 Å². The van der Waals surface area contributed by atoms with E-state index in [0.717, 1.165) is 43.4 Å². The number of Topliss-reactive ketones (excluding diaryl/α,β-unsaturated/α-hetero) is 1. The van der Waals surface area contributed by atoms with Gasteiger partial charge in [-0.2, -0.15) is 0 Å². The van der Waals surface area contributed by atoms with Crippen molar-refractivity contribution < 1.29 is 9.59 Å². The maximum absolute atomic E-state index is 12.1. The van der Waals surface area contributed by atoms with Gasteiger partial charge in [-0.05, 0) is 86.5 Å². The fourth-order valence-electron chi connectivity index (χ4n) is 7.23. The second-order valence-electron chi connectivity index (χ2n) is 9.25. The number of carbonyl (C=O) groups is 2. The zero-order valence-electron chi connectivity index (χ0n) is 14.9. The van der Waals surface area contributed by atoms with Crippen LogP contribution >= 0.6 is 0 Å². The molecule has 0 aromatic rings. The number of hydrogen-bond acceptors (Lipinski definition) is 2. The minimum absolute atomic E-state index is 0.245. The van der Waals surface area contributed by atoms with Gasteiger partial charge in [-0.3, -0.25) is 9.59 Å². The van der Waals surface area contributed by atoms with E-state index in [2.05, 4.69) is 13.8 Å². The number of allylic oxidation sites excluding steroid dienone is 1. The molecule has 126 valence electrons. The van der Waals surface area contributed by atoms with Crippen LogP contribution in [0.15, 0.2) is 11.6 Å². The van der Waals surface area contributed by atoms with E-state index >= 15 is 0 Å². The van der Waals surface area contributed by atoms with Crippen molar-refractivity contribution >= 4 is 11.6 Å². The maximum atomic E-state index is 12.1. The second-order valence-corrected chi connectivity index (χ2v) is 9.25. The molecule has 23 heavy (non-hydrogen) atoms. The summed E-state index contributed by atoms with van der Waals surface area (Å²) in [6, 6.07) is 0. The lowest BCUT2D eigenvalue weighted by atomic mass is 9.47. The Balaban J connectivity index is 1.67. The molecule has 2 heteroatoms. The van der Waals surface area contributed by atoms with E-state index in [1.165, 1.54) is 31.3 Å². The fourth-order valence-corrected chi connectivity index (χ4v) is 7.23. The molecule has 4 rings (SSSR count). The molecule has 0 unspecified atom stereocenters. The summed E-state index contributed by atoms with van der Waals surface area (Å²) in [5.74, 6) is 3.29. The van der Waals surface area contributed by atoms with Crippen molar-refractivity contribution in [2.75, 3.05) is 0 Å². The third kappa shape index (κ3) is 2.06. The molecule has 0 bridgehead atoms. The van der Waals surface area contributed by atoms with Gasteiger partial charge in [0, 0.05) is 12.3 Å². The molecule has 3 fully saturated rings. The standard InChI is InChI=1S/C21H30O2/c1-13(22)17-6-7-18-16-5-4-14-12-15(23)8-10-20(14,2)19(16)9-11-21(17,18)3/h12,16-19H,4-11H2,1-3H3/t16-,17-,18+,19+,20+,21+/m0/s1. The van der Waals surface area contributed by atoms with Crippen LogP contribution < -0.4 is 0 Å². The molecule has 0 amide bonds. The molecule has 0 N–H and O–H groups in total. The average Bonchev–Trinajstić information content (AvgIpc) is 2.85. The molecule has 3 saturated carbocycles. The second kappa shape index (κ2) is 5.04. The predicted octanol–water partition coefficient (Wildman–Crippen LogP) is 4.72. The Hall–Kier alpha value is -0.920. The lowest BCUT2D eigenvalue weighted by Gasteiger charge is -2.58. The van der Waals surface area contributed by atoms with Crippen LogP contribution in [0.2, 0.25) is 0 Å². The Morgan fingerprint density at radius 2 is 1.83 bits per heavy atom. The van der Waals surface area contributed by atoms with Gasteiger partial charge in [0.05, 0.1) is 0 Å². The molecular formula is C21H30O2. The van der Waals surface area contributed by atoms with Gasteiger partial charge in [0.1, 0.15) is 5.78 Å². The van der Waals surface area contributed by atoms with E-state index < -0.39 is 0 Å². The molecule has 0 heterocycles. The highest BCUT2D eigenvalue weighted by molar-refractivity contribution is 5.91. The van der Waals surface area contributed by atoms with Crippen molar-refractivity contribution in [3.8, 4) is 0 Å². The van der Waals surface area contributed by atoms with Crippen LogP contribution in [0.1, 0.15) is 72.1 Å². The van der Waals surface area contributed by atoms with Gasteiger partial charge in [-0.1, -0.05) is 19.4 Å². The Bertz CT molecular complexity index is 589. The highest BCUT2D eigenvalue weighted by Gasteiger charge is 2.59. The largest absolute Gasteiger partial charge is 0.300 e. The predicted molar refractivity (Wildman–Crippen MR) is 90.9 cm³/mol. The van der Waals surface area contributed by atoms with Crippen LogP contribution in [0.25, 0.3) is 0 Å². The normalized spacial score (nSPS) is 49.0. The SMILES string of the molecule is CC(=O)[C@@H]1CC[C@@H]2[C@@H]3CCC4=CC(=O)CC[C@@]4(C)[C@@H]3CC[C@@]21C. The van der Waals surface area contributed by atoms with Crippen molar-refractivity contribution in [3.63, 3.8) is 0 Å². The third-order valence-electron chi connectivity index (χ3n) is 8.45. The van der Waals surface area contributed by atoms with Crippen LogP contribution in [-0.4, -0.2) is 11.6 Å². The summed E-state index contributed by atoms with van der Waals surface area (Å²) in [7, 11) is 0.